The maximum atomic E-state index is 12.2. The van der Waals surface area contributed by atoms with Crippen molar-refractivity contribution in [2.45, 2.75) is 32.8 Å². The lowest BCUT2D eigenvalue weighted by Gasteiger charge is -2.44. The first-order valence-corrected chi connectivity index (χ1v) is 9.41. The Morgan fingerprint density at radius 2 is 1.89 bits per heavy atom. The fourth-order valence-electron chi connectivity index (χ4n) is 3.10. The van der Waals surface area contributed by atoms with E-state index in [1.807, 2.05) is 0 Å². The predicted octanol–water partition coefficient (Wildman–Crippen LogP) is 5.25. The van der Waals surface area contributed by atoms with Gasteiger partial charge in [-0.25, -0.2) is 4.79 Å². The zero-order valence-electron chi connectivity index (χ0n) is 15.9. The SMILES string of the molecule is CC(=C/C(=O)O)/C=C/[C@@]1(O)C(/C=C/c2ccc(Cl)cc2Cl)=CC(=O)CC1(C)C. The van der Waals surface area contributed by atoms with E-state index in [9.17, 15) is 14.7 Å². The van der Waals surface area contributed by atoms with Gasteiger partial charge in [0.1, 0.15) is 5.60 Å². The topological polar surface area (TPSA) is 74.6 Å². The molecule has 0 radical (unpaired) electrons. The highest BCUT2D eigenvalue weighted by atomic mass is 35.5. The maximum Gasteiger partial charge on any atom is 0.328 e. The smallest absolute Gasteiger partial charge is 0.328 e. The van der Waals surface area contributed by atoms with Crippen LogP contribution in [0.4, 0.5) is 0 Å². The van der Waals surface area contributed by atoms with E-state index in [0.29, 0.717) is 26.8 Å². The molecule has 0 aromatic heterocycles. The highest BCUT2D eigenvalue weighted by Gasteiger charge is 2.47. The van der Waals surface area contributed by atoms with Gasteiger partial charge in [0.15, 0.2) is 5.78 Å². The Hall–Kier alpha value is -2.14. The van der Waals surface area contributed by atoms with Gasteiger partial charge in [-0.05, 0) is 47.9 Å². The molecule has 28 heavy (non-hydrogen) atoms. The van der Waals surface area contributed by atoms with Crippen molar-refractivity contribution in [3.05, 3.63) is 75.3 Å². The van der Waals surface area contributed by atoms with Crippen molar-refractivity contribution in [2.75, 3.05) is 0 Å². The van der Waals surface area contributed by atoms with Gasteiger partial charge in [-0.1, -0.05) is 61.3 Å². The number of benzene rings is 1. The Labute approximate surface area is 174 Å². The van der Waals surface area contributed by atoms with Crippen LogP contribution in [-0.2, 0) is 9.59 Å². The van der Waals surface area contributed by atoms with Crippen LogP contribution < -0.4 is 0 Å². The first-order chi connectivity index (χ1) is 12.9. The first kappa shape index (κ1) is 22.2. The summed E-state index contributed by atoms with van der Waals surface area (Å²) in [6.45, 7) is 5.21. The molecule has 0 heterocycles. The van der Waals surface area contributed by atoms with Gasteiger partial charge in [-0.3, -0.25) is 4.79 Å². The van der Waals surface area contributed by atoms with Crippen molar-refractivity contribution in [2.24, 2.45) is 5.41 Å². The molecular formula is C22H22Cl2O4. The predicted molar refractivity (Wildman–Crippen MR) is 112 cm³/mol. The molecule has 0 aliphatic heterocycles. The van der Waals surface area contributed by atoms with Crippen LogP contribution in [0.25, 0.3) is 6.08 Å². The quantitative estimate of drug-likeness (QED) is 0.503. The molecule has 148 valence electrons. The van der Waals surface area contributed by atoms with E-state index >= 15 is 0 Å². The fourth-order valence-corrected chi connectivity index (χ4v) is 3.58. The third-order valence-electron chi connectivity index (χ3n) is 4.75. The minimum Gasteiger partial charge on any atom is -0.478 e. The summed E-state index contributed by atoms with van der Waals surface area (Å²) in [6.07, 6.45) is 9.05. The first-order valence-electron chi connectivity index (χ1n) is 8.65. The molecule has 1 atom stereocenters. The Morgan fingerprint density at radius 1 is 1.21 bits per heavy atom. The van der Waals surface area contributed by atoms with E-state index in [1.54, 1.807) is 57.2 Å². The summed E-state index contributed by atoms with van der Waals surface area (Å²) in [5.41, 5.74) is -0.695. The largest absolute Gasteiger partial charge is 0.478 e. The van der Waals surface area contributed by atoms with Gasteiger partial charge in [-0.15, -0.1) is 0 Å². The van der Waals surface area contributed by atoms with E-state index in [0.717, 1.165) is 6.08 Å². The van der Waals surface area contributed by atoms with Gasteiger partial charge in [0.2, 0.25) is 0 Å². The Kier molecular flexibility index (Phi) is 6.71. The Morgan fingerprint density at radius 3 is 2.50 bits per heavy atom. The van der Waals surface area contributed by atoms with Crippen molar-refractivity contribution < 1.29 is 19.8 Å². The van der Waals surface area contributed by atoms with E-state index in [-0.39, 0.29) is 12.2 Å². The zero-order chi connectivity index (χ0) is 21.1. The van der Waals surface area contributed by atoms with E-state index < -0.39 is 17.0 Å². The summed E-state index contributed by atoms with van der Waals surface area (Å²) in [7, 11) is 0. The monoisotopic (exact) mass is 420 g/mol. The average molecular weight is 421 g/mol. The number of allylic oxidation sites excluding steroid dienone is 3. The van der Waals surface area contributed by atoms with Crippen LogP contribution in [0.5, 0.6) is 0 Å². The molecule has 6 heteroatoms. The number of ketones is 1. The van der Waals surface area contributed by atoms with Crippen LogP contribution in [0.3, 0.4) is 0 Å². The highest BCUT2D eigenvalue weighted by molar-refractivity contribution is 6.35. The molecule has 4 nitrogen and oxygen atoms in total. The number of carboxylic acid groups (broad SMARTS) is 1. The van der Waals surface area contributed by atoms with Crippen LogP contribution in [0, 0.1) is 5.41 Å². The average Bonchev–Trinajstić information content (AvgIpc) is 2.55. The van der Waals surface area contributed by atoms with Crippen LogP contribution in [0.15, 0.2) is 59.7 Å². The number of carbonyl (C=O) groups excluding carboxylic acids is 1. The molecule has 0 unspecified atom stereocenters. The lowest BCUT2D eigenvalue weighted by atomic mass is 9.64. The van der Waals surface area contributed by atoms with Gasteiger partial charge in [0.25, 0.3) is 0 Å². The molecule has 0 amide bonds. The minimum absolute atomic E-state index is 0.0947. The summed E-state index contributed by atoms with van der Waals surface area (Å²) < 4.78 is 0. The molecule has 1 aliphatic carbocycles. The maximum absolute atomic E-state index is 12.2. The number of hydrogen-bond acceptors (Lipinski definition) is 3. The van der Waals surface area contributed by atoms with Gasteiger partial charge in [0.05, 0.1) is 0 Å². The fraction of sp³-hybridized carbons (Fsp3) is 0.273. The number of carboxylic acids is 1. The molecule has 2 rings (SSSR count). The lowest BCUT2D eigenvalue weighted by Crippen LogP contribution is -2.48. The molecule has 0 saturated carbocycles. The van der Waals surface area contributed by atoms with Crippen LogP contribution in [-0.4, -0.2) is 27.6 Å². The summed E-state index contributed by atoms with van der Waals surface area (Å²) in [5.74, 6) is -1.16. The molecular weight excluding hydrogens is 399 g/mol. The summed E-state index contributed by atoms with van der Waals surface area (Å²) >= 11 is 12.1. The minimum atomic E-state index is -1.47. The van der Waals surface area contributed by atoms with Gasteiger partial charge in [0, 0.05) is 28.0 Å². The van der Waals surface area contributed by atoms with Gasteiger partial charge < -0.3 is 10.2 Å². The molecule has 0 spiro atoms. The van der Waals surface area contributed by atoms with Crippen molar-refractivity contribution in [1.82, 2.24) is 0 Å². The number of halogens is 2. The third-order valence-corrected chi connectivity index (χ3v) is 5.31. The number of aliphatic carboxylic acids is 1. The number of aliphatic hydroxyl groups is 1. The highest BCUT2D eigenvalue weighted by Crippen LogP contribution is 2.45. The van der Waals surface area contributed by atoms with E-state index in [1.165, 1.54) is 12.2 Å². The standard InChI is InChI=1S/C22H22Cl2O4/c1-14(10-20(26)27)8-9-22(28)16(11-18(25)13-21(22,2)3)6-4-15-5-7-17(23)12-19(15)24/h4-12,28H,13H2,1-3H3,(H,26,27)/b6-4+,9-8+,14-10-/t22-/m1/s1. The molecule has 0 bridgehead atoms. The second-order valence-corrected chi connectivity index (χ2v) is 8.30. The number of hydrogen-bond donors (Lipinski definition) is 2. The van der Waals surface area contributed by atoms with Crippen LogP contribution >= 0.6 is 23.2 Å². The molecule has 0 saturated heterocycles. The van der Waals surface area contributed by atoms with Gasteiger partial charge in [-0.2, -0.15) is 0 Å². The molecule has 1 aromatic carbocycles. The Bertz CT molecular complexity index is 922. The lowest BCUT2D eigenvalue weighted by molar-refractivity contribution is -0.131. The normalized spacial score (nSPS) is 22.7. The third kappa shape index (κ3) is 5.02. The number of rotatable bonds is 5. The molecule has 1 aliphatic rings. The Balaban J connectivity index is 2.48. The van der Waals surface area contributed by atoms with Crippen molar-refractivity contribution in [3.8, 4) is 0 Å². The molecule has 1 aromatic rings. The second-order valence-electron chi connectivity index (χ2n) is 7.45. The molecule has 0 fully saturated rings. The van der Waals surface area contributed by atoms with E-state index in [2.05, 4.69) is 0 Å². The molecule has 2 N–H and O–H groups in total. The summed E-state index contributed by atoms with van der Waals surface area (Å²) in [5, 5.41) is 21.3. The summed E-state index contributed by atoms with van der Waals surface area (Å²) in [6, 6.07) is 5.05. The summed E-state index contributed by atoms with van der Waals surface area (Å²) in [4.78, 5) is 23.0. The van der Waals surface area contributed by atoms with Crippen molar-refractivity contribution >= 4 is 41.0 Å². The van der Waals surface area contributed by atoms with Crippen LogP contribution in [0.1, 0.15) is 32.8 Å². The van der Waals surface area contributed by atoms with E-state index in [4.69, 9.17) is 28.3 Å². The number of carbonyl (C=O) groups is 2. The zero-order valence-corrected chi connectivity index (χ0v) is 17.4. The second kappa shape index (κ2) is 8.48. The van der Waals surface area contributed by atoms with Crippen LogP contribution in [0.2, 0.25) is 10.0 Å². The van der Waals surface area contributed by atoms with Gasteiger partial charge >= 0.3 is 5.97 Å². The van der Waals surface area contributed by atoms with Crippen molar-refractivity contribution in [3.63, 3.8) is 0 Å². The van der Waals surface area contributed by atoms with Crippen molar-refractivity contribution in [1.29, 1.82) is 0 Å².